The van der Waals surface area contributed by atoms with E-state index in [4.69, 9.17) is 9.84 Å². The SMILES string of the molecule is CCOC(=O)c1ccc(S(=O)(=O)N(CCO)C2CC2)cc1. The summed E-state index contributed by atoms with van der Waals surface area (Å²) in [5.74, 6) is -0.476. The molecule has 1 aliphatic rings. The van der Waals surface area contributed by atoms with Crippen LogP contribution in [0.15, 0.2) is 29.2 Å². The Kier molecular flexibility index (Phi) is 4.97. The number of carbonyl (C=O) groups is 1. The van der Waals surface area contributed by atoms with Crippen molar-refractivity contribution in [1.82, 2.24) is 4.31 Å². The predicted octanol–water partition coefficient (Wildman–Crippen LogP) is 1.01. The minimum absolute atomic E-state index is 0.0214. The van der Waals surface area contributed by atoms with Crippen LogP contribution >= 0.6 is 0 Å². The van der Waals surface area contributed by atoms with E-state index in [0.29, 0.717) is 5.56 Å². The first-order chi connectivity index (χ1) is 10.0. The van der Waals surface area contributed by atoms with Gasteiger partial charge >= 0.3 is 5.97 Å². The van der Waals surface area contributed by atoms with Crippen molar-refractivity contribution < 1.29 is 23.1 Å². The zero-order valence-electron chi connectivity index (χ0n) is 11.9. The number of benzene rings is 1. The van der Waals surface area contributed by atoms with Crippen molar-refractivity contribution in [3.05, 3.63) is 29.8 Å². The van der Waals surface area contributed by atoms with Gasteiger partial charge in [-0.25, -0.2) is 13.2 Å². The van der Waals surface area contributed by atoms with Crippen LogP contribution in [0.25, 0.3) is 0 Å². The number of rotatable bonds is 7. The van der Waals surface area contributed by atoms with Crippen LogP contribution in [0, 0.1) is 0 Å². The highest BCUT2D eigenvalue weighted by Gasteiger charge is 2.37. The molecule has 1 aromatic carbocycles. The van der Waals surface area contributed by atoms with E-state index in [9.17, 15) is 13.2 Å². The third kappa shape index (κ3) is 3.61. The van der Waals surface area contributed by atoms with Gasteiger partial charge in [0.15, 0.2) is 0 Å². The second-order valence-corrected chi connectivity index (χ2v) is 6.71. The van der Waals surface area contributed by atoms with E-state index >= 15 is 0 Å². The van der Waals surface area contributed by atoms with Crippen molar-refractivity contribution in [1.29, 1.82) is 0 Å². The minimum Gasteiger partial charge on any atom is -0.462 e. The second kappa shape index (κ2) is 6.55. The summed E-state index contributed by atoms with van der Waals surface area (Å²) in [5.41, 5.74) is 0.316. The van der Waals surface area contributed by atoms with Crippen molar-refractivity contribution in [2.24, 2.45) is 0 Å². The number of carbonyl (C=O) groups excluding carboxylic acids is 1. The van der Waals surface area contributed by atoms with Gasteiger partial charge in [-0.15, -0.1) is 0 Å². The quantitative estimate of drug-likeness (QED) is 0.760. The maximum Gasteiger partial charge on any atom is 0.338 e. The van der Waals surface area contributed by atoms with E-state index in [-0.39, 0.29) is 30.7 Å². The van der Waals surface area contributed by atoms with Crippen LogP contribution in [0.5, 0.6) is 0 Å². The summed E-state index contributed by atoms with van der Waals surface area (Å²) in [4.78, 5) is 11.7. The Balaban J connectivity index is 2.22. The number of nitrogens with zero attached hydrogens (tertiary/aromatic N) is 1. The van der Waals surface area contributed by atoms with E-state index in [0.717, 1.165) is 12.8 Å². The molecule has 0 heterocycles. The highest BCUT2D eigenvalue weighted by Crippen LogP contribution is 2.31. The Morgan fingerprint density at radius 3 is 2.43 bits per heavy atom. The first-order valence-corrected chi connectivity index (χ1v) is 8.34. The summed E-state index contributed by atoms with van der Waals surface area (Å²) in [7, 11) is -3.63. The fourth-order valence-electron chi connectivity index (χ4n) is 2.07. The molecule has 116 valence electrons. The number of hydrogen-bond acceptors (Lipinski definition) is 5. The zero-order chi connectivity index (χ0) is 15.5. The summed E-state index contributed by atoms with van der Waals surface area (Å²) >= 11 is 0. The van der Waals surface area contributed by atoms with Gasteiger partial charge in [0.2, 0.25) is 10.0 Å². The van der Waals surface area contributed by atoms with Gasteiger partial charge in [0, 0.05) is 12.6 Å². The molecule has 1 fully saturated rings. The number of sulfonamides is 1. The molecule has 6 nitrogen and oxygen atoms in total. The van der Waals surface area contributed by atoms with Gasteiger partial charge in [0.05, 0.1) is 23.7 Å². The molecule has 2 rings (SSSR count). The zero-order valence-corrected chi connectivity index (χ0v) is 12.7. The van der Waals surface area contributed by atoms with Crippen LogP contribution in [-0.4, -0.2) is 49.6 Å². The summed E-state index contributed by atoms with van der Waals surface area (Å²) in [6.45, 7) is 1.85. The highest BCUT2D eigenvalue weighted by atomic mass is 32.2. The first-order valence-electron chi connectivity index (χ1n) is 6.90. The molecular weight excluding hydrogens is 294 g/mol. The van der Waals surface area contributed by atoms with Crippen molar-refractivity contribution in [2.45, 2.75) is 30.7 Å². The highest BCUT2D eigenvalue weighted by molar-refractivity contribution is 7.89. The smallest absolute Gasteiger partial charge is 0.338 e. The second-order valence-electron chi connectivity index (χ2n) is 4.82. The molecule has 1 aromatic rings. The number of aliphatic hydroxyl groups excluding tert-OH is 1. The average Bonchev–Trinajstić information content (AvgIpc) is 3.29. The van der Waals surface area contributed by atoms with Crippen molar-refractivity contribution in [3.8, 4) is 0 Å². The van der Waals surface area contributed by atoms with Crippen molar-refractivity contribution >= 4 is 16.0 Å². The van der Waals surface area contributed by atoms with Crippen LogP contribution < -0.4 is 0 Å². The molecule has 0 bridgehead atoms. The van der Waals surface area contributed by atoms with Gasteiger partial charge in [-0.2, -0.15) is 4.31 Å². The molecule has 0 spiro atoms. The lowest BCUT2D eigenvalue weighted by Crippen LogP contribution is -2.35. The Morgan fingerprint density at radius 2 is 1.95 bits per heavy atom. The fourth-order valence-corrected chi connectivity index (χ4v) is 3.75. The molecule has 7 heteroatoms. The Labute approximate surface area is 124 Å². The van der Waals surface area contributed by atoms with Gasteiger partial charge in [0.25, 0.3) is 0 Å². The predicted molar refractivity (Wildman–Crippen MR) is 76.4 cm³/mol. The summed E-state index contributed by atoms with van der Waals surface area (Å²) < 4.78 is 31.2. The molecule has 1 N–H and O–H groups in total. The Hall–Kier alpha value is -1.44. The minimum atomic E-state index is -3.63. The molecule has 0 radical (unpaired) electrons. The third-order valence-electron chi connectivity index (χ3n) is 3.25. The van der Waals surface area contributed by atoms with Crippen LogP contribution in [0.1, 0.15) is 30.1 Å². The fraction of sp³-hybridized carbons (Fsp3) is 0.500. The van der Waals surface area contributed by atoms with Crippen LogP contribution in [0.3, 0.4) is 0 Å². The molecular formula is C14H19NO5S. The third-order valence-corrected chi connectivity index (χ3v) is 5.21. The molecule has 21 heavy (non-hydrogen) atoms. The monoisotopic (exact) mass is 313 g/mol. The number of aliphatic hydroxyl groups is 1. The Morgan fingerprint density at radius 1 is 1.33 bits per heavy atom. The van der Waals surface area contributed by atoms with Gasteiger partial charge in [-0.1, -0.05) is 0 Å². The first kappa shape index (κ1) is 15.9. The number of esters is 1. The summed E-state index contributed by atoms with van der Waals surface area (Å²) in [6, 6.07) is 5.65. The largest absolute Gasteiger partial charge is 0.462 e. The summed E-state index contributed by atoms with van der Waals surface area (Å²) in [5, 5.41) is 9.03. The van der Waals surface area contributed by atoms with Crippen LogP contribution in [0.2, 0.25) is 0 Å². The standard InChI is InChI=1S/C14H19NO5S/c1-2-20-14(17)11-3-7-13(8-4-11)21(18,19)15(9-10-16)12-5-6-12/h3-4,7-8,12,16H,2,5-6,9-10H2,1H3. The van der Waals surface area contributed by atoms with E-state index in [2.05, 4.69) is 0 Å². The lowest BCUT2D eigenvalue weighted by molar-refractivity contribution is 0.0526. The normalized spacial score (nSPS) is 15.2. The molecule has 0 aromatic heterocycles. The topological polar surface area (TPSA) is 83.9 Å². The van der Waals surface area contributed by atoms with Gasteiger partial charge in [-0.05, 0) is 44.0 Å². The molecule has 0 unspecified atom stereocenters. The molecule has 0 atom stereocenters. The van der Waals surface area contributed by atoms with E-state index in [1.165, 1.54) is 28.6 Å². The Bertz CT molecular complexity index is 592. The van der Waals surface area contributed by atoms with Crippen molar-refractivity contribution in [2.75, 3.05) is 19.8 Å². The van der Waals surface area contributed by atoms with E-state index < -0.39 is 16.0 Å². The van der Waals surface area contributed by atoms with Crippen LogP contribution in [0.4, 0.5) is 0 Å². The number of hydrogen-bond donors (Lipinski definition) is 1. The van der Waals surface area contributed by atoms with Crippen molar-refractivity contribution in [3.63, 3.8) is 0 Å². The molecule has 0 aliphatic heterocycles. The summed E-state index contributed by atoms with van der Waals surface area (Å²) in [6.07, 6.45) is 1.64. The lowest BCUT2D eigenvalue weighted by atomic mass is 10.2. The number of ether oxygens (including phenoxy) is 1. The lowest BCUT2D eigenvalue weighted by Gasteiger charge is -2.20. The van der Waals surface area contributed by atoms with Gasteiger partial charge in [-0.3, -0.25) is 0 Å². The van der Waals surface area contributed by atoms with Crippen LogP contribution in [-0.2, 0) is 14.8 Å². The molecule has 0 saturated heterocycles. The van der Waals surface area contributed by atoms with E-state index in [1.54, 1.807) is 6.92 Å². The molecule has 0 amide bonds. The maximum absolute atomic E-state index is 12.5. The maximum atomic E-state index is 12.5. The molecule has 1 aliphatic carbocycles. The van der Waals surface area contributed by atoms with Gasteiger partial charge in [0.1, 0.15) is 0 Å². The average molecular weight is 313 g/mol. The van der Waals surface area contributed by atoms with E-state index in [1.807, 2.05) is 0 Å². The molecule has 1 saturated carbocycles. The van der Waals surface area contributed by atoms with Gasteiger partial charge < -0.3 is 9.84 Å².